The Bertz CT molecular complexity index is 352. The summed E-state index contributed by atoms with van der Waals surface area (Å²) in [7, 11) is 1.83. The number of hydrogen-bond acceptors (Lipinski definition) is 0. The van der Waals surface area contributed by atoms with Gasteiger partial charge < -0.3 is 0 Å². The normalized spacial score (nSPS) is 17.9. The van der Waals surface area contributed by atoms with Gasteiger partial charge in [-0.15, -0.1) is 0 Å². The summed E-state index contributed by atoms with van der Waals surface area (Å²) >= 11 is -2.23. The molecule has 0 saturated heterocycles. The Kier molecular flexibility index (Phi) is 11.9. The van der Waals surface area contributed by atoms with Crippen molar-refractivity contribution >= 4 is 29.9 Å². The molecule has 0 aromatic heterocycles. The summed E-state index contributed by atoms with van der Waals surface area (Å²) in [6.45, 7) is 14.9. The van der Waals surface area contributed by atoms with Crippen LogP contribution in [0.1, 0.15) is 112 Å². The van der Waals surface area contributed by atoms with E-state index in [1.165, 1.54) is 70.6 Å². The molecule has 0 spiro atoms. The number of unbranched alkanes of at least 4 members (excludes halogenated alkanes) is 3. The van der Waals surface area contributed by atoms with Crippen LogP contribution < -0.4 is 0 Å². The number of hydrogen-bond donors (Lipinski definition) is 0. The van der Waals surface area contributed by atoms with Crippen LogP contribution in [-0.2, 0) is 0 Å². The predicted molar refractivity (Wildman–Crippen MR) is 123 cm³/mol. The Balaban J connectivity index is 3.24. The molecule has 0 nitrogen and oxygen atoms in total. The minimum atomic E-state index is -2.23. The van der Waals surface area contributed by atoms with Crippen LogP contribution in [0.25, 0.3) is 0 Å². The van der Waals surface area contributed by atoms with Crippen LogP contribution in [0.3, 0.4) is 0 Å². The maximum absolute atomic E-state index is 2.56. The molecule has 1 rings (SSSR count). The van der Waals surface area contributed by atoms with Crippen LogP contribution in [0.15, 0.2) is 0 Å². The Morgan fingerprint density at radius 3 is 1.60 bits per heavy atom. The summed E-state index contributed by atoms with van der Waals surface area (Å²) in [6, 6.07) is 0. The van der Waals surface area contributed by atoms with Gasteiger partial charge in [0.25, 0.3) is 0 Å². The van der Waals surface area contributed by atoms with Gasteiger partial charge in [-0.25, -0.2) is 0 Å². The monoisotopic (exact) mass is 474 g/mol. The van der Waals surface area contributed by atoms with E-state index in [1.807, 2.05) is 8.20 Å². The van der Waals surface area contributed by atoms with Crippen LogP contribution in [0.5, 0.6) is 0 Å². The summed E-state index contributed by atoms with van der Waals surface area (Å²) in [5.74, 6) is 0. The topological polar surface area (TPSA) is 0 Å². The second-order valence-corrected chi connectivity index (χ2v) is 25.3. The first-order valence-electron chi connectivity index (χ1n) is 11.5. The van der Waals surface area contributed by atoms with Crippen molar-refractivity contribution in [1.82, 2.24) is 0 Å². The van der Waals surface area contributed by atoms with Crippen molar-refractivity contribution in [1.29, 1.82) is 0 Å². The van der Waals surface area contributed by atoms with E-state index in [4.69, 9.17) is 0 Å². The molecular formula is C23H47PSn. The van der Waals surface area contributed by atoms with Crippen molar-refractivity contribution < 1.29 is 0 Å². The summed E-state index contributed by atoms with van der Waals surface area (Å²) in [5.41, 5.74) is 1.45. The molecular weight excluding hydrogens is 426 g/mol. The third-order valence-corrected chi connectivity index (χ3v) is 28.5. The van der Waals surface area contributed by atoms with Gasteiger partial charge in [-0.2, -0.15) is 0 Å². The molecule has 1 fully saturated rings. The average Bonchev–Trinajstić information content (AvgIpc) is 2.60. The van der Waals surface area contributed by atoms with Crippen LogP contribution >= 0.6 is 8.20 Å². The van der Waals surface area contributed by atoms with Gasteiger partial charge >= 0.3 is 166 Å². The Hall–Kier alpha value is 0.969. The van der Waals surface area contributed by atoms with Crippen LogP contribution in [0.4, 0.5) is 0 Å². The van der Waals surface area contributed by atoms with Crippen molar-refractivity contribution in [3.05, 3.63) is 0 Å². The summed E-state index contributed by atoms with van der Waals surface area (Å²) < 4.78 is 7.09. The fourth-order valence-electron chi connectivity index (χ4n) is 4.79. The SMILES string of the molecule is CCC[CH2][Sn]([CH2]CCC)([CH2]CCC)[C](=PC1CCCCC1)C(C)(C)C. The zero-order valence-electron chi connectivity index (χ0n) is 18.4. The van der Waals surface area contributed by atoms with Gasteiger partial charge in [-0.3, -0.25) is 0 Å². The van der Waals surface area contributed by atoms with E-state index in [2.05, 4.69) is 44.9 Å². The van der Waals surface area contributed by atoms with Crippen molar-refractivity contribution in [3.8, 4) is 0 Å². The van der Waals surface area contributed by atoms with Gasteiger partial charge in [0.1, 0.15) is 0 Å². The fourth-order valence-corrected chi connectivity index (χ4v) is 30.1. The fraction of sp³-hybridized carbons (Fsp3) is 0.957. The van der Waals surface area contributed by atoms with Crippen molar-refractivity contribution in [2.24, 2.45) is 5.41 Å². The van der Waals surface area contributed by atoms with Gasteiger partial charge in [-0.1, -0.05) is 0 Å². The Morgan fingerprint density at radius 2 is 1.24 bits per heavy atom. The molecule has 0 heterocycles. The first kappa shape index (κ1) is 24.0. The van der Waals surface area contributed by atoms with E-state index in [0.717, 1.165) is 5.66 Å². The molecule has 0 radical (unpaired) electrons. The van der Waals surface area contributed by atoms with E-state index in [1.54, 1.807) is 13.3 Å². The standard InChI is InChI=1S/C11H20P.3C4H9.Sn/c1-11(2,3)9-12-10-7-5-4-6-8-10;3*1-3-4-2;/h10H,4-8H2,1-3H3;3*1,3-4H2,2H3;. The van der Waals surface area contributed by atoms with E-state index in [-0.39, 0.29) is 0 Å². The molecule has 1 saturated carbocycles. The zero-order valence-corrected chi connectivity index (χ0v) is 22.2. The minimum absolute atomic E-state index is 0.449. The quantitative estimate of drug-likeness (QED) is 0.208. The molecule has 0 aromatic carbocycles. The Labute approximate surface area is 166 Å². The van der Waals surface area contributed by atoms with Crippen molar-refractivity contribution in [2.45, 2.75) is 131 Å². The van der Waals surface area contributed by atoms with Gasteiger partial charge in [-0.05, 0) is 0 Å². The summed E-state index contributed by atoms with van der Waals surface area (Å²) in [4.78, 5) is 0. The third-order valence-electron chi connectivity index (χ3n) is 6.13. The molecule has 0 N–H and O–H groups in total. The van der Waals surface area contributed by atoms with Crippen LogP contribution in [0.2, 0.25) is 13.3 Å². The maximum atomic E-state index is 2.56. The van der Waals surface area contributed by atoms with Gasteiger partial charge in [0.2, 0.25) is 0 Å². The van der Waals surface area contributed by atoms with Gasteiger partial charge in [0, 0.05) is 0 Å². The van der Waals surface area contributed by atoms with E-state index in [9.17, 15) is 0 Å². The Morgan fingerprint density at radius 1 is 0.800 bits per heavy atom. The molecule has 1 aliphatic carbocycles. The molecule has 25 heavy (non-hydrogen) atoms. The number of rotatable bonds is 11. The second-order valence-electron chi connectivity index (χ2n) is 9.61. The predicted octanol–water partition coefficient (Wildman–Crippen LogP) is 8.87. The summed E-state index contributed by atoms with van der Waals surface area (Å²) in [6.07, 6.45) is 16.2. The average molecular weight is 473 g/mol. The molecule has 0 unspecified atom stereocenters. The second kappa shape index (κ2) is 12.4. The van der Waals surface area contributed by atoms with E-state index in [0.29, 0.717) is 5.41 Å². The van der Waals surface area contributed by atoms with Crippen molar-refractivity contribution in [3.63, 3.8) is 0 Å². The van der Waals surface area contributed by atoms with Crippen LogP contribution in [0, 0.1) is 5.41 Å². The van der Waals surface area contributed by atoms with Gasteiger partial charge in [0.05, 0.1) is 0 Å². The molecule has 0 bridgehead atoms. The van der Waals surface area contributed by atoms with Crippen molar-refractivity contribution in [2.75, 3.05) is 0 Å². The van der Waals surface area contributed by atoms with E-state index >= 15 is 0 Å². The zero-order chi connectivity index (χ0) is 18.8. The molecule has 0 amide bonds. The third kappa shape index (κ3) is 8.25. The first-order valence-corrected chi connectivity index (χ1v) is 19.9. The molecule has 1 aliphatic rings. The first-order chi connectivity index (χ1) is 11.9. The molecule has 0 aliphatic heterocycles. The molecule has 2 heteroatoms. The molecule has 0 aromatic rings. The van der Waals surface area contributed by atoms with Crippen LogP contribution in [-0.4, -0.2) is 27.3 Å². The van der Waals surface area contributed by atoms with Gasteiger partial charge in [0.15, 0.2) is 0 Å². The molecule has 0 atom stereocenters. The summed E-state index contributed by atoms with van der Waals surface area (Å²) in [5, 5.41) is 0. The molecule has 148 valence electrons. The van der Waals surface area contributed by atoms with E-state index < -0.39 is 18.4 Å².